The van der Waals surface area contributed by atoms with E-state index in [0.717, 1.165) is 47.6 Å². The number of rotatable bonds is 6. The molecule has 9 nitrogen and oxygen atoms in total. The summed E-state index contributed by atoms with van der Waals surface area (Å²) in [6.07, 6.45) is 5.60. The average Bonchev–Trinajstić information content (AvgIpc) is 3.28. The molecule has 0 aliphatic heterocycles. The molecule has 4 rings (SSSR count). The Morgan fingerprint density at radius 3 is 2.65 bits per heavy atom. The molecule has 0 bridgehead atoms. The van der Waals surface area contributed by atoms with Crippen LogP contribution in [0.25, 0.3) is 11.1 Å². The molecule has 34 heavy (non-hydrogen) atoms. The number of hydrogen-bond donors (Lipinski definition) is 2. The quantitative estimate of drug-likeness (QED) is 0.555. The molecule has 0 saturated carbocycles. The van der Waals surface area contributed by atoms with Crippen molar-refractivity contribution >= 4 is 21.7 Å². The van der Waals surface area contributed by atoms with Crippen LogP contribution in [-0.4, -0.2) is 31.1 Å². The van der Waals surface area contributed by atoms with E-state index in [-0.39, 0.29) is 10.9 Å². The number of anilines is 1. The van der Waals surface area contributed by atoms with Gasteiger partial charge in [-0.2, -0.15) is 0 Å². The Labute approximate surface area is 197 Å². The zero-order chi connectivity index (χ0) is 24.5. The van der Waals surface area contributed by atoms with Crippen LogP contribution in [0.5, 0.6) is 5.88 Å². The van der Waals surface area contributed by atoms with Gasteiger partial charge in [0.25, 0.3) is 15.6 Å². The summed E-state index contributed by atoms with van der Waals surface area (Å²) in [5.41, 5.74) is 3.67. The van der Waals surface area contributed by atoms with Crippen LogP contribution in [0, 0.1) is 0 Å². The molecule has 0 spiro atoms. The summed E-state index contributed by atoms with van der Waals surface area (Å²) >= 11 is 0. The van der Waals surface area contributed by atoms with Crippen molar-refractivity contribution in [1.82, 2.24) is 14.3 Å². The van der Waals surface area contributed by atoms with Gasteiger partial charge in [-0.25, -0.2) is 22.9 Å². The molecule has 0 radical (unpaired) electrons. The van der Waals surface area contributed by atoms with Crippen LogP contribution in [0.1, 0.15) is 37.4 Å². The van der Waals surface area contributed by atoms with Crippen LogP contribution in [-0.2, 0) is 22.9 Å². The summed E-state index contributed by atoms with van der Waals surface area (Å²) in [5, 5.41) is 2.74. The molecule has 0 saturated heterocycles. The highest BCUT2D eigenvalue weighted by molar-refractivity contribution is 7.90. The molecule has 3 aromatic rings. The minimum atomic E-state index is -4.25. The van der Waals surface area contributed by atoms with Crippen LogP contribution in [0.15, 0.2) is 58.5 Å². The first-order valence-electron chi connectivity index (χ1n) is 10.9. The van der Waals surface area contributed by atoms with Crippen molar-refractivity contribution < 1.29 is 17.9 Å². The van der Waals surface area contributed by atoms with Crippen molar-refractivity contribution in [2.24, 2.45) is 0 Å². The van der Waals surface area contributed by atoms with Crippen molar-refractivity contribution in [3.63, 3.8) is 0 Å². The molecule has 1 aromatic carbocycles. The third kappa shape index (κ3) is 4.67. The highest BCUT2D eigenvalue weighted by Crippen LogP contribution is 2.38. The lowest BCUT2D eigenvalue weighted by atomic mass is 9.98. The summed E-state index contributed by atoms with van der Waals surface area (Å²) in [5.74, 6) is 0.423. The van der Waals surface area contributed by atoms with Gasteiger partial charge in [-0.05, 0) is 61.9 Å². The molecule has 2 aromatic heterocycles. The Hall–Kier alpha value is -3.66. The van der Waals surface area contributed by atoms with E-state index in [2.05, 4.69) is 10.3 Å². The summed E-state index contributed by atoms with van der Waals surface area (Å²) in [7, 11) is -2.73. The third-order valence-electron chi connectivity index (χ3n) is 5.79. The number of carbonyl (C=O) groups is 1. The van der Waals surface area contributed by atoms with E-state index in [9.17, 15) is 18.0 Å². The predicted octanol–water partition coefficient (Wildman–Crippen LogP) is 3.50. The molecule has 1 aliphatic rings. The van der Waals surface area contributed by atoms with Gasteiger partial charge in [-0.3, -0.25) is 4.79 Å². The second kappa shape index (κ2) is 9.30. The lowest BCUT2D eigenvalue weighted by Gasteiger charge is -2.17. The topological polar surface area (TPSA) is 119 Å². The molecular formula is C24H26N4O5S. The number of aromatic nitrogens is 2. The molecule has 2 amide bonds. The molecule has 0 atom stereocenters. The van der Waals surface area contributed by atoms with Gasteiger partial charge in [0.05, 0.1) is 17.7 Å². The summed E-state index contributed by atoms with van der Waals surface area (Å²) < 4.78 is 34.2. The van der Waals surface area contributed by atoms with E-state index in [1.807, 2.05) is 30.7 Å². The van der Waals surface area contributed by atoms with Crippen LogP contribution in [0.4, 0.5) is 10.5 Å². The number of nitrogens with one attached hydrogen (secondary N) is 2. The number of benzene rings is 1. The number of pyridine rings is 2. The molecule has 2 N–H and O–H groups in total. The standard InChI is InChI=1S/C24H26N4O5S/c1-15(2)28-12-10-18(14-22(28)29)34(31,32)27-24(30)26-23-19-6-4-5-16(19)7-8-20(23)17-9-11-25-21(13-17)33-3/h7-15H,4-6H2,1-3H3,(H2,26,27,30). The summed E-state index contributed by atoms with van der Waals surface area (Å²) in [6, 6.07) is 8.74. The molecule has 10 heteroatoms. The Balaban J connectivity index is 1.65. The minimum Gasteiger partial charge on any atom is -0.481 e. The van der Waals surface area contributed by atoms with Gasteiger partial charge in [0.1, 0.15) is 0 Å². The zero-order valence-corrected chi connectivity index (χ0v) is 20.0. The number of amides is 2. The third-order valence-corrected chi connectivity index (χ3v) is 7.12. The maximum atomic E-state index is 12.8. The van der Waals surface area contributed by atoms with Crippen molar-refractivity contribution in [3.8, 4) is 17.0 Å². The number of urea groups is 1. The fourth-order valence-corrected chi connectivity index (χ4v) is 5.03. The molecule has 2 heterocycles. The number of aryl methyl sites for hydroxylation is 1. The largest absolute Gasteiger partial charge is 0.481 e. The van der Waals surface area contributed by atoms with Crippen molar-refractivity contribution in [3.05, 3.63) is 70.3 Å². The lowest BCUT2D eigenvalue weighted by molar-refractivity contribution is 0.256. The van der Waals surface area contributed by atoms with E-state index in [1.54, 1.807) is 18.3 Å². The van der Waals surface area contributed by atoms with E-state index >= 15 is 0 Å². The van der Waals surface area contributed by atoms with Gasteiger partial charge >= 0.3 is 6.03 Å². The summed E-state index contributed by atoms with van der Waals surface area (Å²) in [6.45, 7) is 3.63. The van der Waals surface area contributed by atoms with E-state index in [0.29, 0.717) is 11.6 Å². The first-order valence-corrected chi connectivity index (χ1v) is 12.4. The molecule has 178 valence electrons. The number of nitrogens with zero attached hydrogens (tertiary/aromatic N) is 2. The van der Waals surface area contributed by atoms with E-state index in [1.165, 1.54) is 23.9 Å². The normalized spacial score (nSPS) is 12.9. The number of ether oxygens (including phenoxy) is 1. The molecule has 0 unspecified atom stereocenters. The van der Waals surface area contributed by atoms with Gasteiger partial charge in [0, 0.05) is 36.1 Å². The number of fused-ring (bicyclic) bond motifs is 1. The number of carbonyl (C=O) groups excluding carboxylic acids is 1. The fourth-order valence-electron chi connectivity index (χ4n) is 4.12. The highest BCUT2D eigenvalue weighted by Gasteiger charge is 2.24. The zero-order valence-electron chi connectivity index (χ0n) is 19.2. The van der Waals surface area contributed by atoms with Crippen molar-refractivity contribution in [2.75, 3.05) is 12.4 Å². The van der Waals surface area contributed by atoms with Gasteiger partial charge in [0.15, 0.2) is 0 Å². The smallest absolute Gasteiger partial charge is 0.333 e. The van der Waals surface area contributed by atoms with Gasteiger partial charge in [-0.1, -0.05) is 12.1 Å². The average molecular weight is 483 g/mol. The van der Waals surface area contributed by atoms with Crippen LogP contribution >= 0.6 is 0 Å². The van der Waals surface area contributed by atoms with Gasteiger partial charge in [0.2, 0.25) is 5.88 Å². The SMILES string of the molecule is COc1cc(-c2ccc3c(c2NC(=O)NS(=O)(=O)c2ccn(C(C)C)c(=O)c2)CCC3)ccn1. The monoisotopic (exact) mass is 482 g/mol. The lowest BCUT2D eigenvalue weighted by Crippen LogP contribution is -2.35. The van der Waals surface area contributed by atoms with E-state index < -0.39 is 21.6 Å². The maximum Gasteiger partial charge on any atom is 0.333 e. The van der Waals surface area contributed by atoms with Crippen LogP contribution < -0.4 is 20.3 Å². The van der Waals surface area contributed by atoms with Crippen LogP contribution in [0.2, 0.25) is 0 Å². The van der Waals surface area contributed by atoms with Gasteiger partial charge < -0.3 is 14.6 Å². The Morgan fingerprint density at radius 2 is 1.94 bits per heavy atom. The van der Waals surface area contributed by atoms with Gasteiger partial charge in [-0.15, -0.1) is 0 Å². The fraction of sp³-hybridized carbons (Fsp3) is 0.292. The molecular weight excluding hydrogens is 456 g/mol. The molecule has 0 fully saturated rings. The van der Waals surface area contributed by atoms with Crippen LogP contribution in [0.3, 0.4) is 0 Å². The first kappa shape index (κ1) is 23.5. The predicted molar refractivity (Wildman–Crippen MR) is 129 cm³/mol. The maximum absolute atomic E-state index is 12.8. The second-order valence-electron chi connectivity index (χ2n) is 8.33. The number of methoxy groups -OCH3 is 1. The summed E-state index contributed by atoms with van der Waals surface area (Å²) in [4.78, 5) is 28.9. The van der Waals surface area contributed by atoms with Crippen molar-refractivity contribution in [1.29, 1.82) is 0 Å². The number of hydrogen-bond acceptors (Lipinski definition) is 6. The van der Waals surface area contributed by atoms with E-state index in [4.69, 9.17) is 4.74 Å². The highest BCUT2D eigenvalue weighted by atomic mass is 32.2. The first-order chi connectivity index (χ1) is 16.2. The van der Waals surface area contributed by atoms with Crippen molar-refractivity contribution in [2.45, 2.75) is 44.0 Å². The number of sulfonamides is 1. The minimum absolute atomic E-state index is 0.120. The Morgan fingerprint density at radius 1 is 1.15 bits per heavy atom. The molecule has 1 aliphatic carbocycles. The Bertz CT molecular complexity index is 1410. The Kier molecular flexibility index (Phi) is 6.43. The second-order valence-corrected chi connectivity index (χ2v) is 10.0.